The van der Waals surface area contributed by atoms with Gasteiger partial charge in [-0.1, -0.05) is 12.1 Å². The summed E-state index contributed by atoms with van der Waals surface area (Å²) in [5.41, 5.74) is -0.679. The summed E-state index contributed by atoms with van der Waals surface area (Å²) in [6.07, 6.45) is -4.59. The molecule has 0 saturated carbocycles. The number of benzene rings is 2. The molecule has 0 aromatic heterocycles. The van der Waals surface area contributed by atoms with Gasteiger partial charge in [0.2, 0.25) is 0 Å². The topological polar surface area (TPSA) is 38.8 Å². The van der Waals surface area contributed by atoms with Crippen molar-refractivity contribution in [3.63, 3.8) is 0 Å². The third-order valence-corrected chi connectivity index (χ3v) is 3.71. The van der Waals surface area contributed by atoms with Gasteiger partial charge in [-0.3, -0.25) is 4.79 Å². The molecule has 1 amide bonds. The summed E-state index contributed by atoms with van der Waals surface area (Å²) >= 11 is 0. The molecular weight excluding hydrogens is 335 g/mol. The smallest absolute Gasteiger partial charge is 0.417 e. The Hall–Kier alpha value is -2.70. The first kappa shape index (κ1) is 18.6. The number of nitrogens with zero attached hydrogens (tertiary/aromatic N) is 1. The average Bonchev–Trinajstić information content (AvgIpc) is 2.60. The lowest BCUT2D eigenvalue weighted by molar-refractivity contribution is -0.138. The van der Waals surface area contributed by atoms with Crippen LogP contribution in [0.4, 0.5) is 13.2 Å². The number of ether oxygens (including phenoxy) is 2. The van der Waals surface area contributed by atoms with Crippen molar-refractivity contribution in [1.29, 1.82) is 0 Å². The molecule has 0 radical (unpaired) electrons. The van der Waals surface area contributed by atoms with Gasteiger partial charge in [-0.25, -0.2) is 0 Å². The van der Waals surface area contributed by atoms with Gasteiger partial charge in [0.15, 0.2) is 0 Å². The van der Waals surface area contributed by atoms with Crippen molar-refractivity contribution in [3.05, 3.63) is 59.2 Å². The first-order valence-electron chi connectivity index (χ1n) is 7.40. The fourth-order valence-electron chi connectivity index (χ4n) is 2.43. The molecule has 0 aliphatic carbocycles. The predicted octanol–water partition coefficient (Wildman–Crippen LogP) is 3.99. The summed E-state index contributed by atoms with van der Waals surface area (Å²) in [6.45, 7) is 0.0954. The summed E-state index contributed by atoms with van der Waals surface area (Å²) < 4.78 is 49.6. The summed E-state index contributed by atoms with van der Waals surface area (Å²) in [5, 5.41) is 0. The van der Waals surface area contributed by atoms with Crippen molar-refractivity contribution in [2.24, 2.45) is 0 Å². The maximum atomic E-state index is 13.1. The highest BCUT2D eigenvalue weighted by molar-refractivity contribution is 5.95. The molecule has 0 N–H and O–H groups in total. The molecule has 0 saturated heterocycles. The van der Waals surface area contributed by atoms with E-state index in [9.17, 15) is 18.0 Å². The third-order valence-electron chi connectivity index (χ3n) is 3.71. The molecule has 0 atom stereocenters. The monoisotopic (exact) mass is 353 g/mol. The molecule has 2 rings (SSSR count). The van der Waals surface area contributed by atoms with Crippen molar-refractivity contribution >= 4 is 5.91 Å². The van der Waals surface area contributed by atoms with Crippen LogP contribution in [0.15, 0.2) is 42.5 Å². The lowest BCUT2D eigenvalue weighted by Crippen LogP contribution is -2.28. The van der Waals surface area contributed by atoms with E-state index in [1.54, 1.807) is 18.2 Å². The number of alkyl halides is 3. The Morgan fingerprint density at radius 2 is 1.76 bits per heavy atom. The number of hydrogen-bond acceptors (Lipinski definition) is 3. The second-order valence-electron chi connectivity index (χ2n) is 5.38. The quantitative estimate of drug-likeness (QED) is 0.816. The third kappa shape index (κ3) is 4.23. The molecule has 0 aliphatic rings. The van der Waals surface area contributed by atoms with Crippen LogP contribution < -0.4 is 9.47 Å². The van der Waals surface area contributed by atoms with Crippen molar-refractivity contribution in [2.45, 2.75) is 12.7 Å². The van der Waals surface area contributed by atoms with Crippen molar-refractivity contribution in [3.8, 4) is 11.5 Å². The number of rotatable bonds is 5. The van der Waals surface area contributed by atoms with Crippen molar-refractivity contribution in [1.82, 2.24) is 4.90 Å². The van der Waals surface area contributed by atoms with Crippen LogP contribution in [0.2, 0.25) is 0 Å². The Bertz CT molecular complexity index is 759. The van der Waals surface area contributed by atoms with Crippen LogP contribution in [-0.2, 0) is 12.7 Å². The van der Waals surface area contributed by atoms with E-state index in [1.165, 1.54) is 44.4 Å². The van der Waals surface area contributed by atoms with E-state index in [0.717, 1.165) is 6.07 Å². The lowest BCUT2D eigenvalue weighted by Gasteiger charge is -2.21. The van der Waals surface area contributed by atoms with E-state index < -0.39 is 17.6 Å². The zero-order valence-corrected chi connectivity index (χ0v) is 14.1. The summed E-state index contributed by atoms with van der Waals surface area (Å²) in [6, 6.07) is 9.78. The summed E-state index contributed by atoms with van der Waals surface area (Å²) in [5.74, 6) is 0.353. The molecule has 0 aliphatic heterocycles. The van der Waals surface area contributed by atoms with Gasteiger partial charge >= 0.3 is 6.18 Å². The van der Waals surface area contributed by atoms with E-state index in [1.807, 2.05) is 0 Å². The van der Waals surface area contributed by atoms with Crippen LogP contribution >= 0.6 is 0 Å². The normalized spacial score (nSPS) is 11.1. The number of carbonyl (C=O) groups is 1. The molecule has 0 unspecified atom stereocenters. The number of amides is 1. The maximum absolute atomic E-state index is 13.1. The van der Waals surface area contributed by atoms with Gasteiger partial charge < -0.3 is 14.4 Å². The Kier molecular flexibility index (Phi) is 5.56. The van der Waals surface area contributed by atoms with E-state index >= 15 is 0 Å². The Labute approximate surface area is 143 Å². The van der Waals surface area contributed by atoms with Gasteiger partial charge in [-0.15, -0.1) is 0 Å². The van der Waals surface area contributed by atoms with Crippen molar-refractivity contribution in [2.75, 3.05) is 21.3 Å². The minimum Gasteiger partial charge on any atom is -0.497 e. The first-order valence-corrected chi connectivity index (χ1v) is 7.40. The van der Waals surface area contributed by atoms with Crippen molar-refractivity contribution < 1.29 is 27.4 Å². The largest absolute Gasteiger partial charge is 0.497 e. The number of halogens is 3. The highest BCUT2D eigenvalue weighted by Gasteiger charge is 2.35. The molecule has 25 heavy (non-hydrogen) atoms. The number of methoxy groups -OCH3 is 2. The van der Waals surface area contributed by atoms with Gasteiger partial charge in [0.25, 0.3) is 5.91 Å². The zero-order chi connectivity index (χ0) is 18.6. The second kappa shape index (κ2) is 7.46. The molecule has 0 bridgehead atoms. The summed E-state index contributed by atoms with van der Waals surface area (Å²) in [7, 11) is 4.43. The molecule has 0 heterocycles. The zero-order valence-electron chi connectivity index (χ0n) is 14.1. The van der Waals surface area contributed by atoms with Gasteiger partial charge in [-0.2, -0.15) is 13.2 Å². The predicted molar refractivity (Wildman–Crippen MR) is 86.8 cm³/mol. The summed E-state index contributed by atoms with van der Waals surface area (Å²) in [4.78, 5) is 13.7. The van der Waals surface area contributed by atoms with Gasteiger partial charge in [0, 0.05) is 25.2 Å². The molecule has 4 nitrogen and oxygen atoms in total. The van der Waals surface area contributed by atoms with Crippen LogP contribution in [0.5, 0.6) is 11.5 Å². The van der Waals surface area contributed by atoms with Gasteiger partial charge in [0.05, 0.1) is 25.3 Å². The van der Waals surface area contributed by atoms with Gasteiger partial charge in [0.1, 0.15) is 11.5 Å². The first-order chi connectivity index (χ1) is 11.8. The fraction of sp³-hybridized carbons (Fsp3) is 0.278. The molecular formula is C18H18F3NO3. The molecule has 0 fully saturated rings. The number of hydrogen-bond donors (Lipinski definition) is 0. The van der Waals surface area contributed by atoms with Crippen LogP contribution in [0, 0.1) is 0 Å². The molecule has 134 valence electrons. The minimum absolute atomic E-state index is 0.0954. The molecule has 2 aromatic carbocycles. The molecule has 2 aromatic rings. The minimum atomic E-state index is -4.59. The Balaban J connectivity index is 2.28. The van der Waals surface area contributed by atoms with Gasteiger partial charge in [-0.05, 0) is 24.3 Å². The maximum Gasteiger partial charge on any atom is 0.417 e. The molecule has 0 spiro atoms. The van der Waals surface area contributed by atoms with Crippen LogP contribution in [0.3, 0.4) is 0 Å². The van der Waals surface area contributed by atoms with E-state index in [4.69, 9.17) is 9.47 Å². The van der Waals surface area contributed by atoms with E-state index in [0.29, 0.717) is 17.1 Å². The highest BCUT2D eigenvalue weighted by Crippen LogP contribution is 2.33. The second-order valence-corrected chi connectivity index (χ2v) is 5.38. The Morgan fingerprint density at radius 1 is 1.08 bits per heavy atom. The standard InChI is InChI=1S/C18H18F3NO3/c1-22(11-12-8-9-13(24-2)10-16(12)25-3)17(23)14-6-4-5-7-15(14)18(19,20)21/h4-10H,11H2,1-3H3. The van der Waals surface area contributed by atoms with Crippen LogP contribution in [0.1, 0.15) is 21.5 Å². The SMILES string of the molecule is COc1ccc(CN(C)C(=O)c2ccccc2C(F)(F)F)c(OC)c1. The molecule has 7 heteroatoms. The van der Waals surface area contributed by atoms with Crippen LogP contribution in [0.25, 0.3) is 0 Å². The fourth-order valence-corrected chi connectivity index (χ4v) is 2.43. The van der Waals surface area contributed by atoms with E-state index in [-0.39, 0.29) is 12.1 Å². The number of carbonyl (C=O) groups excluding carboxylic acids is 1. The highest BCUT2D eigenvalue weighted by atomic mass is 19.4. The average molecular weight is 353 g/mol. The van der Waals surface area contributed by atoms with E-state index in [2.05, 4.69) is 0 Å². The lowest BCUT2D eigenvalue weighted by atomic mass is 10.1. The van der Waals surface area contributed by atoms with Crippen LogP contribution in [-0.4, -0.2) is 32.1 Å². The Morgan fingerprint density at radius 3 is 2.36 bits per heavy atom.